The number of pyridine rings is 1. The number of rotatable bonds is 3. The van der Waals surface area contributed by atoms with E-state index >= 15 is 0 Å². The highest BCUT2D eigenvalue weighted by molar-refractivity contribution is 6.31. The molecule has 0 bridgehead atoms. The molecular weight excluding hydrogens is 369 g/mol. The predicted molar refractivity (Wildman–Crippen MR) is 104 cm³/mol. The maximum atomic E-state index is 13.7. The van der Waals surface area contributed by atoms with Crippen LogP contribution in [0, 0.1) is 5.82 Å². The topological polar surface area (TPSA) is 45.7 Å². The van der Waals surface area contributed by atoms with E-state index in [9.17, 15) is 9.18 Å². The summed E-state index contributed by atoms with van der Waals surface area (Å²) in [5, 5.41) is 0.0307. The van der Waals surface area contributed by atoms with Gasteiger partial charge in [-0.15, -0.1) is 0 Å². The third kappa shape index (κ3) is 4.50. The van der Waals surface area contributed by atoms with Crippen molar-refractivity contribution >= 4 is 29.1 Å². The Morgan fingerprint density at radius 2 is 2.11 bits per heavy atom. The van der Waals surface area contributed by atoms with Gasteiger partial charge < -0.3 is 9.64 Å². The Labute approximate surface area is 163 Å². The lowest BCUT2D eigenvalue weighted by molar-refractivity contribution is 0.0231. The first kappa shape index (κ1) is 19.4. The number of hydrogen-bond acceptors (Lipinski definition) is 4. The van der Waals surface area contributed by atoms with Crippen LogP contribution in [-0.2, 0) is 4.74 Å². The fourth-order valence-corrected chi connectivity index (χ4v) is 3.35. The van der Waals surface area contributed by atoms with Gasteiger partial charge in [0.05, 0.1) is 16.9 Å². The molecule has 1 saturated heterocycles. The quantitative estimate of drug-likeness (QED) is 0.705. The zero-order valence-corrected chi connectivity index (χ0v) is 16.4. The molecule has 5 nitrogen and oxygen atoms in total. The maximum Gasteiger partial charge on any atom is 0.411 e. The molecule has 0 spiro atoms. The van der Waals surface area contributed by atoms with Gasteiger partial charge in [0.15, 0.2) is 0 Å². The van der Waals surface area contributed by atoms with E-state index in [-0.39, 0.29) is 17.3 Å². The third-order valence-electron chi connectivity index (χ3n) is 4.25. The van der Waals surface area contributed by atoms with Crippen LogP contribution >= 0.6 is 11.6 Å². The van der Waals surface area contributed by atoms with Crippen LogP contribution in [-0.4, -0.2) is 34.3 Å². The minimum absolute atomic E-state index is 0.0307. The van der Waals surface area contributed by atoms with Crippen LogP contribution < -0.4 is 4.90 Å². The van der Waals surface area contributed by atoms with Crippen molar-refractivity contribution in [2.75, 3.05) is 11.4 Å². The Morgan fingerprint density at radius 3 is 2.74 bits per heavy atom. The Kier molecular flexibility index (Phi) is 5.56. The highest BCUT2D eigenvalue weighted by atomic mass is 35.5. The van der Waals surface area contributed by atoms with Gasteiger partial charge in [-0.05, 0) is 63.9 Å². The van der Waals surface area contributed by atoms with Gasteiger partial charge in [-0.25, -0.2) is 9.18 Å². The van der Waals surface area contributed by atoms with Crippen molar-refractivity contribution in [2.24, 2.45) is 0 Å². The van der Waals surface area contributed by atoms with Gasteiger partial charge in [0, 0.05) is 18.4 Å². The Balaban J connectivity index is 1.99. The van der Waals surface area contributed by atoms with Crippen molar-refractivity contribution in [3.63, 3.8) is 0 Å². The van der Waals surface area contributed by atoms with E-state index in [1.54, 1.807) is 29.4 Å². The van der Waals surface area contributed by atoms with Gasteiger partial charge in [0.1, 0.15) is 17.6 Å². The molecule has 0 radical (unpaired) electrons. The van der Waals surface area contributed by atoms with Crippen LogP contribution in [0.4, 0.5) is 20.6 Å². The normalized spacial score (nSPS) is 17.1. The van der Waals surface area contributed by atoms with Crippen LogP contribution in [0.3, 0.4) is 0 Å². The second kappa shape index (κ2) is 7.72. The second-order valence-corrected chi connectivity index (χ2v) is 7.88. The molecule has 144 valence electrons. The van der Waals surface area contributed by atoms with E-state index < -0.39 is 11.4 Å². The average molecular weight is 392 g/mol. The maximum absolute atomic E-state index is 13.7. The summed E-state index contributed by atoms with van der Waals surface area (Å²) in [5.41, 5.74) is 0.901. The Bertz CT molecular complexity index is 811. The molecule has 0 N–H and O–H groups in total. The number of hydrogen-bond donors (Lipinski definition) is 0. The number of nitrogens with zero attached hydrogens (tertiary/aromatic N) is 3. The molecule has 0 saturated carbocycles. The summed E-state index contributed by atoms with van der Waals surface area (Å²) in [6.45, 7) is 6.11. The van der Waals surface area contributed by atoms with Crippen LogP contribution in [0.1, 0.15) is 33.6 Å². The van der Waals surface area contributed by atoms with E-state index in [4.69, 9.17) is 16.3 Å². The molecular formula is C20H23ClFN3O2. The summed E-state index contributed by atoms with van der Waals surface area (Å²) in [5.74, 6) is -0.484. The molecule has 1 aliphatic rings. The minimum Gasteiger partial charge on any atom is -0.444 e. The van der Waals surface area contributed by atoms with E-state index in [0.717, 1.165) is 18.5 Å². The molecule has 1 amide bonds. The number of ether oxygens (including phenoxy) is 1. The highest BCUT2D eigenvalue weighted by Crippen LogP contribution is 2.35. The summed E-state index contributed by atoms with van der Waals surface area (Å²) >= 11 is 6.02. The summed E-state index contributed by atoms with van der Waals surface area (Å²) in [6, 6.07) is 8.26. The van der Waals surface area contributed by atoms with Crippen LogP contribution in [0.15, 0.2) is 42.7 Å². The lowest BCUT2D eigenvalue weighted by Crippen LogP contribution is -2.47. The van der Waals surface area contributed by atoms with Crippen molar-refractivity contribution in [2.45, 2.75) is 45.4 Å². The number of halogens is 2. The Morgan fingerprint density at radius 1 is 1.33 bits per heavy atom. The van der Waals surface area contributed by atoms with Gasteiger partial charge in [0.25, 0.3) is 0 Å². The largest absolute Gasteiger partial charge is 0.444 e. The number of anilines is 2. The summed E-state index contributed by atoms with van der Waals surface area (Å²) in [6.07, 6.45) is 4.35. The van der Waals surface area contributed by atoms with Crippen molar-refractivity contribution < 1.29 is 13.9 Å². The van der Waals surface area contributed by atoms with Crippen LogP contribution in [0.2, 0.25) is 5.02 Å². The van der Waals surface area contributed by atoms with Crippen molar-refractivity contribution in [3.8, 4) is 0 Å². The summed E-state index contributed by atoms with van der Waals surface area (Å²) in [4.78, 5) is 20.6. The fourth-order valence-electron chi connectivity index (χ4n) is 3.18. The van der Waals surface area contributed by atoms with Crippen molar-refractivity contribution in [3.05, 3.63) is 53.6 Å². The number of aromatic nitrogens is 1. The summed E-state index contributed by atoms with van der Waals surface area (Å²) in [7, 11) is 0. The Hall–Kier alpha value is -2.34. The number of carbonyl (C=O) groups excluding carboxylic acids is 1. The van der Waals surface area contributed by atoms with E-state index in [1.807, 2.05) is 37.8 Å². The summed E-state index contributed by atoms with van der Waals surface area (Å²) < 4.78 is 19.3. The molecule has 0 aliphatic carbocycles. The number of benzene rings is 1. The molecule has 7 heteroatoms. The lowest BCUT2D eigenvalue weighted by Gasteiger charge is -2.37. The van der Waals surface area contributed by atoms with Crippen LogP contribution in [0.5, 0.6) is 0 Å². The van der Waals surface area contributed by atoms with E-state index in [0.29, 0.717) is 12.2 Å². The third-order valence-corrected chi connectivity index (χ3v) is 4.54. The average Bonchev–Trinajstić information content (AvgIpc) is 3.07. The van der Waals surface area contributed by atoms with Gasteiger partial charge in [-0.2, -0.15) is 0 Å². The fraction of sp³-hybridized carbons (Fsp3) is 0.400. The molecule has 1 aromatic heterocycles. The molecule has 1 aromatic carbocycles. The predicted octanol–water partition coefficient (Wildman–Crippen LogP) is 5.37. The smallest absolute Gasteiger partial charge is 0.411 e. The number of amides is 1. The number of carbonyl (C=O) groups is 1. The van der Waals surface area contributed by atoms with Gasteiger partial charge >= 0.3 is 6.09 Å². The molecule has 27 heavy (non-hydrogen) atoms. The molecule has 0 unspecified atom stereocenters. The lowest BCUT2D eigenvalue weighted by atomic mass is 10.2. The minimum atomic E-state index is -0.581. The highest BCUT2D eigenvalue weighted by Gasteiger charge is 2.37. The molecule has 1 aliphatic heterocycles. The zero-order chi connectivity index (χ0) is 19.6. The first-order chi connectivity index (χ1) is 12.8. The van der Waals surface area contributed by atoms with E-state index in [2.05, 4.69) is 4.98 Å². The van der Waals surface area contributed by atoms with Crippen molar-refractivity contribution in [1.82, 2.24) is 9.88 Å². The first-order valence-electron chi connectivity index (χ1n) is 8.90. The molecule has 3 rings (SSSR count). The van der Waals surface area contributed by atoms with E-state index in [1.165, 1.54) is 6.07 Å². The molecule has 2 aromatic rings. The molecule has 2 heterocycles. The van der Waals surface area contributed by atoms with Gasteiger partial charge in [0.2, 0.25) is 0 Å². The first-order valence-corrected chi connectivity index (χ1v) is 9.28. The standard InChI is InChI=1S/C20H23ClFN3O2/c1-20(2,3)27-19(26)24-11-5-7-18(24)25(15-6-4-10-23-13-15)14-8-9-17(22)16(21)12-14/h4,6,8-10,12-13,18H,5,7,11H2,1-3H3/t18-/m1/s1. The molecule has 1 atom stereocenters. The second-order valence-electron chi connectivity index (χ2n) is 7.48. The molecule has 1 fully saturated rings. The number of likely N-dealkylation sites (tertiary alicyclic amines) is 1. The SMILES string of the molecule is CC(C)(C)OC(=O)N1CCC[C@H]1N(c1cccnc1)c1ccc(F)c(Cl)c1. The zero-order valence-electron chi connectivity index (χ0n) is 15.7. The van der Waals surface area contributed by atoms with Crippen molar-refractivity contribution in [1.29, 1.82) is 0 Å². The van der Waals surface area contributed by atoms with Crippen LogP contribution in [0.25, 0.3) is 0 Å². The van der Waals surface area contributed by atoms with Gasteiger partial charge in [-0.1, -0.05) is 11.6 Å². The van der Waals surface area contributed by atoms with Gasteiger partial charge in [-0.3, -0.25) is 9.88 Å². The monoisotopic (exact) mass is 391 g/mol.